The van der Waals surface area contributed by atoms with Gasteiger partial charge in [0.2, 0.25) is 11.8 Å². The number of benzene rings is 1. The average Bonchev–Trinajstić information content (AvgIpc) is 2.64. The number of nitrogens with zero attached hydrogens (tertiary/aromatic N) is 1. The molecular formula is C18H25N3O4. The Hall–Kier alpha value is -2.57. The van der Waals surface area contributed by atoms with E-state index < -0.39 is 0 Å². The first-order valence-corrected chi connectivity index (χ1v) is 8.54. The zero-order valence-corrected chi connectivity index (χ0v) is 14.5. The smallest absolute Gasteiger partial charge is 0.258 e. The molecule has 0 spiro atoms. The van der Waals surface area contributed by atoms with Crippen LogP contribution in [0.3, 0.4) is 0 Å². The maximum atomic E-state index is 12.1. The van der Waals surface area contributed by atoms with Gasteiger partial charge in [0.05, 0.1) is 0 Å². The number of para-hydroxylation sites is 1. The van der Waals surface area contributed by atoms with Crippen LogP contribution < -0.4 is 15.4 Å². The van der Waals surface area contributed by atoms with Crippen molar-refractivity contribution < 1.29 is 19.1 Å². The molecule has 1 aromatic carbocycles. The summed E-state index contributed by atoms with van der Waals surface area (Å²) in [7, 11) is 0. The van der Waals surface area contributed by atoms with Crippen molar-refractivity contribution in [3.8, 4) is 5.75 Å². The van der Waals surface area contributed by atoms with Crippen molar-refractivity contribution >= 4 is 17.7 Å². The molecular weight excluding hydrogens is 322 g/mol. The molecule has 2 N–H and O–H groups in total. The predicted octanol–water partition coefficient (Wildman–Crippen LogP) is 0.556. The monoisotopic (exact) mass is 347 g/mol. The number of hydrogen-bond acceptors (Lipinski definition) is 4. The van der Waals surface area contributed by atoms with Crippen LogP contribution in [-0.4, -0.2) is 55.4 Å². The summed E-state index contributed by atoms with van der Waals surface area (Å²) < 4.78 is 5.34. The number of piperidine rings is 1. The fourth-order valence-electron chi connectivity index (χ4n) is 2.71. The molecule has 1 aliphatic heterocycles. The van der Waals surface area contributed by atoms with E-state index in [1.54, 1.807) is 24.0 Å². The molecule has 7 heteroatoms. The van der Waals surface area contributed by atoms with Crippen LogP contribution >= 0.6 is 0 Å². The molecule has 1 fully saturated rings. The summed E-state index contributed by atoms with van der Waals surface area (Å²) in [5, 5.41) is 5.53. The van der Waals surface area contributed by atoms with E-state index >= 15 is 0 Å². The second-order valence-electron chi connectivity index (χ2n) is 6.02. The van der Waals surface area contributed by atoms with Crippen molar-refractivity contribution in [2.24, 2.45) is 5.92 Å². The van der Waals surface area contributed by atoms with Crippen molar-refractivity contribution in [1.82, 2.24) is 15.5 Å². The highest BCUT2D eigenvalue weighted by Gasteiger charge is 2.25. The first kappa shape index (κ1) is 18.8. The fraction of sp³-hybridized carbons (Fsp3) is 0.500. The maximum absolute atomic E-state index is 12.1. The number of likely N-dealkylation sites (tertiary alicyclic amines) is 1. The van der Waals surface area contributed by atoms with Gasteiger partial charge >= 0.3 is 0 Å². The molecule has 25 heavy (non-hydrogen) atoms. The van der Waals surface area contributed by atoms with E-state index in [1.165, 1.54) is 0 Å². The SMILES string of the molecule is CC(=O)N1CCC(C(=O)NCCNC(=O)COc2ccccc2)CC1. The molecule has 0 bridgehead atoms. The largest absolute Gasteiger partial charge is 0.484 e. The minimum absolute atomic E-state index is 0.0158. The van der Waals surface area contributed by atoms with Gasteiger partial charge in [0.1, 0.15) is 5.75 Å². The van der Waals surface area contributed by atoms with Crippen LogP contribution in [0.1, 0.15) is 19.8 Å². The molecule has 0 atom stereocenters. The van der Waals surface area contributed by atoms with Gasteiger partial charge in [0, 0.05) is 39.0 Å². The van der Waals surface area contributed by atoms with Crippen LogP contribution in [0.25, 0.3) is 0 Å². The summed E-state index contributed by atoms with van der Waals surface area (Å²) >= 11 is 0. The molecule has 136 valence electrons. The highest BCUT2D eigenvalue weighted by molar-refractivity contribution is 5.80. The lowest BCUT2D eigenvalue weighted by molar-refractivity contribution is -0.133. The van der Waals surface area contributed by atoms with E-state index in [0.29, 0.717) is 44.8 Å². The topological polar surface area (TPSA) is 87.7 Å². The van der Waals surface area contributed by atoms with Crippen molar-refractivity contribution in [3.63, 3.8) is 0 Å². The number of carbonyl (C=O) groups is 3. The number of carbonyl (C=O) groups excluding carboxylic acids is 3. The molecule has 0 radical (unpaired) electrons. The number of amides is 3. The van der Waals surface area contributed by atoms with Gasteiger partial charge in [-0.15, -0.1) is 0 Å². The summed E-state index contributed by atoms with van der Waals surface area (Å²) in [6.07, 6.45) is 1.37. The standard InChI is InChI=1S/C18H25N3O4/c1-14(22)21-11-7-15(8-12-21)18(24)20-10-9-19-17(23)13-25-16-5-3-2-4-6-16/h2-6,15H,7-13H2,1H3,(H,19,23)(H,20,24). The Morgan fingerprint density at radius 2 is 1.72 bits per heavy atom. The van der Waals surface area contributed by atoms with Gasteiger partial charge in [-0.25, -0.2) is 0 Å². The van der Waals surface area contributed by atoms with Gasteiger partial charge in [-0.3, -0.25) is 14.4 Å². The number of rotatable bonds is 7. The summed E-state index contributed by atoms with van der Waals surface area (Å²) in [4.78, 5) is 36.8. The van der Waals surface area contributed by atoms with E-state index in [-0.39, 0.29) is 30.2 Å². The summed E-state index contributed by atoms with van der Waals surface area (Å²) in [5.41, 5.74) is 0. The molecule has 1 heterocycles. The van der Waals surface area contributed by atoms with E-state index in [0.717, 1.165) is 0 Å². The van der Waals surface area contributed by atoms with Gasteiger partial charge in [-0.05, 0) is 25.0 Å². The summed E-state index contributed by atoms with van der Waals surface area (Å²) in [5.74, 6) is 0.390. The average molecular weight is 347 g/mol. The third-order valence-corrected chi connectivity index (χ3v) is 4.17. The molecule has 7 nitrogen and oxygen atoms in total. The first-order valence-electron chi connectivity index (χ1n) is 8.54. The Morgan fingerprint density at radius 1 is 1.08 bits per heavy atom. The Kier molecular flexibility index (Phi) is 7.25. The molecule has 0 aliphatic carbocycles. The van der Waals surface area contributed by atoms with Gasteiger partial charge < -0.3 is 20.3 Å². The molecule has 0 aromatic heterocycles. The Labute approximate surface area is 147 Å². The third-order valence-electron chi connectivity index (χ3n) is 4.17. The van der Waals surface area contributed by atoms with Crippen molar-refractivity contribution in [3.05, 3.63) is 30.3 Å². The van der Waals surface area contributed by atoms with Gasteiger partial charge in [0.15, 0.2) is 6.61 Å². The number of ether oxygens (including phenoxy) is 1. The van der Waals surface area contributed by atoms with Crippen LogP contribution in [0, 0.1) is 5.92 Å². The van der Waals surface area contributed by atoms with Crippen molar-refractivity contribution in [2.75, 3.05) is 32.8 Å². The molecule has 0 unspecified atom stereocenters. The van der Waals surface area contributed by atoms with Crippen LogP contribution in [0.5, 0.6) is 5.75 Å². The van der Waals surface area contributed by atoms with Crippen molar-refractivity contribution in [2.45, 2.75) is 19.8 Å². The zero-order valence-electron chi connectivity index (χ0n) is 14.5. The second kappa shape index (κ2) is 9.66. The molecule has 1 aromatic rings. The zero-order chi connectivity index (χ0) is 18.1. The van der Waals surface area contributed by atoms with E-state index in [2.05, 4.69) is 10.6 Å². The Morgan fingerprint density at radius 3 is 2.36 bits per heavy atom. The van der Waals surface area contributed by atoms with E-state index in [9.17, 15) is 14.4 Å². The van der Waals surface area contributed by atoms with Crippen LogP contribution in [-0.2, 0) is 14.4 Å². The van der Waals surface area contributed by atoms with Crippen molar-refractivity contribution in [1.29, 1.82) is 0 Å². The molecule has 1 saturated heterocycles. The normalized spacial score (nSPS) is 14.7. The number of hydrogen-bond donors (Lipinski definition) is 2. The molecule has 0 saturated carbocycles. The van der Waals surface area contributed by atoms with Crippen LogP contribution in [0.2, 0.25) is 0 Å². The van der Waals surface area contributed by atoms with Crippen LogP contribution in [0.4, 0.5) is 0 Å². The number of nitrogens with one attached hydrogen (secondary N) is 2. The lowest BCUT2D eigenvalue weighted by Crippen LogP contribution is -2.44. The minimum Gasteiger partial charge on any atom is -0.484 e. The molecule has 2 rings (SSSR count). The maximum Gasteiger partial charge on any atom is 0.258 e. The Balaban J connectivity index is 1.55. The highest BCUT2D eigenvalue weighted by atomic mass is 16.5. The predicted molar refractivity (Wildman–Crippen MR) is 92.9 cm³/mol. The molecule has 3 amide bonds. The van der Waals surface area contributed by atoms with Crippen LogP contribution in [0.15, 0.2) is 30.3 Å². The minimum atomic E-state index is -0.229. The van der Waals surface area contributed by atoms with E-state index in [1.807, 2.05) is 18.2 Å². The third kappa shape index (κ3) is 6.45. The van der Waals surface area contributed by atoms with Gasteiger partial charge in [0.25, 0.3) is 5.91 Å². The summed E-state index contributed by atoms with van der Waals surface area (Å²) in [6.45, 7) is 3.48. The lowest BCUT2D eigenvalue weighted by Gasteiger charge is -2.30. The lowest BCUT2D eigenvalue weighted by atomic mass is 9.96. The van der Waals surface area contributed by atoms with Gasteiger partial charge in [-0.2, -0.15) is 0 Å². The highest BCUT2D eigenvalue weighted by Crippen LogP contribution is 2.17. The van der Waals surface area contributed by atoms with Gasteiger partial charge in [-0.1, -0.05) is 18.2 Å². The van der Waals surface area contributed by atoms with E-state index in [4.69, 9.17) is 4.74 Å². The quantitative estimate of drug-likeness (QED) is 0.706. The molecule has 1 aliphatic rings. The fourth-order valence-corrected chi connectivity index (χ4v) is 2.71. The first-order chi connectivity index (χ1) is 12.1. The summed E-state index contributed by atoms with van der Waals surface area (Å²) in [6, 6.07) is 9.11. The second-order valence-corrected chi connectivity index (χ2v) is 6.02. The Bertz CT molecular complexity index is 583.